The van der Waals surface area contributed by atoms with Crippen molar-refractivity contribution in [2.24, 2.45) is 0 Å². The van der Waals surface area contributed by atoms with Crippen LogP contribution in [-0.2, 0) is 0 Å². The Morgan fingerprint density at radius 1 is 1.29 bits per heavy atom. The number of carbonyl (C=O) groups excluding carboxylic acids is 1. The van der Waals surface area contributed by atoms with E-state index in [0.29, 0.717) is 11.4 Å². The van der Waals surface area contributed by atoms with Crippen molar-refractivity contribution >= 4 is 39.7 Å². The largest absolute Gasteiger partial charge is 0.497 e. The fourth-order valence-corrected chi connectivity index (χ4v) is 3.18. The summed E-state index contributed by atoms with van der Waals surface area (Å²) in [4.78, 5) is 24.4. The molecule has 1 aromatic carbocycles. The van der Waals surface area contributed by atoms with Crippen LogP contribution < -0.4 is 15.0 Å². The minimum Gasteiger partial charge on any atom is -0.497 e. The fourth-order valence-electron chi connectivity index (χ4n) is 2.40. The number of aromatic nitrogens is 2. The van der Waals surface area contributed by atoms with Crippen LogP contribution in [0.4, 0.5) is 11.5 Å². The van der Waals surface area contributed by atoms with Gasteiger partial charge in [-0.05, 0) is 19.1 Å². The summed E-state index contributed by atoms with van der Waals surface area (Å²) in [6.45, 7) is 2.03. The summed E-state index contributed by atoms with van der Waals surface area (Å²) in [5, 5.41) is 5.75. The lowest BCUT2D eigenvalue weighted by Gasteiger charge is -2.14. The number of anilines is 2. The highest BCUT2D eigenvalue weighted by atomic mass is 32.1. The van der Waals surface area contributed by atoms with Gasteiger partial charge in [0.25, 0.3) is 5.91 Å². The van der Waals surface area contributed by atoms with Gasteiger partial charge < -0.3 is 15.0 Å². The molecule has 0 saturated carbocycles. The molecule has 0 aliphatic rings. The van der Waals surface area contributed by atoms with Crippen molar-refractivity contribution in [1.82, 2.24) is 9.97 Å². The number of methoxy groups -OCH3 is 1. The second-order valence-electron chi connectivity index (χ2n) is 5.50. The lowest BCUT2D eigenvalue weighted by Crippen LogP contribution is -2.19. The minimum absolute atomic E-state index is 0.145. The van der Waals surface area contributed by atoms with Gasteiger partial charge in [0.15, 0.2) is 0 Å². The van der Waals surface area contributed by atoms with E-state index in [9.17, 15) is 4.79 Å². The van der Waals surface area contributed by atoms with Crippen LogP contribution in [0.2, 0.25) is 0 Å². The van der Waals surface area contributed by atoms with E-state index in [1.165, 1.54) is 0 Å². The first-order valence-corrected chi connectivity index (χ1v) is 8.26. The number of nitrogens with one attached hydrogen (secondary N) is 1. The average molecular weight is 342 g/mol. The molecule has 0 aliphatic heterocycles. The van der Waals surface area contributed by atoms with E-state index in [-0.39, 0.29) is 11.7 Å². The molecule has 7 heteroatoms. The monoisotopic (exact) mass is 342 g/mol. The summed E-state index contributed by atoms with van der Waals surface area (Å²) < 4.78 is 5.17. The van der Waals surface area contributed by atoms with Gasteiger partial charge in [0.1, 0.15) is 11.6 Å². The average Bonchev–Trinajstić information content (AvgIpc) is 2.95. The smallest absolute Gasteiger partial charge is 0.293 e. The van der Waals surface area contributed by atoms with Crippen molar-refractivity contribution in [3.8, 4) is 5.75 Å². The van der Waals surface area contributed by atoms with Gasteiger partial charge in [0.2, 0.25) is 5.82 Å². The Hall–Kier alpha value is -2.67. The normalized spacial score (nSPS) is 10.7. The lowest BCUT2D eigenvalue weighted by molar-refractivity contribution is 0.101. The van der Waals surface area contributed by atoms with E-state index in [4.69, 9.17) is 4.74 Å². The third-order valence-corrected chi connectivity index (χ3v) is 4.47. The zero-order valence-electron chi connectivity index (χ0n) is 14.0. The Balaban J connectivity index is 1.97. The van der Waals surface area contributed by atoms with Crippen molar-refractivity contribution in [2.45, 2.75) is 6.92 Å². The molecule has 0 unspecified atom stereocenters. The van der Waals surface area contributed by atoms with Crippen molar-refractivity contribution in [3.63, 3.8) is 0 Å². The molecular weight excluding hydrogens is 324 g/mol. The van der Waals surface area contributed by atoms with Crippen LogP contribution in [0.5, 0.6) is 5.75 Å². The molecule has 0 radical (unpaired) electrons. The summed E-state index contributed by atoms with van der Waals surface area (Å²) in [7, 11) is 5.39. The molecule has 3 aromatic rings. The van der Waals surface area contributed by atoms with Crippen LogP contribution in [0, 0.1) is 6.92 Å². The number of nitrogens with zero attached hydrogens (tertiary/aromatic N) is 3. The van der Waals surface area contributed by atoms with Crippen LogP contribution in [0.25, 0.3) is 10.9 Å². The number of benzene rings is 1. The predicted octanol–water partition coefficient (Wildman–Crippen LogP) is 3.33. The van der Waals surface area contributed by atoms with Crippen molar-refractivity contribution in [2.75, 3.05) is 31.4 Å². The number of rotatable bonds is 4. The number of hydrogen-bond donors (Lipinski definition) is 1. The molecule has 0 spiro atoms. The van der Waals surface area contributed by atoms with E-state index in [1.807, 2.05) is 43.4 Å². The molecule has 24 heavy (non-hydrogen) atoms. The highest BCUT2D eigenvalue weighted by Gasteiger charge is 2.17. The maximum atomic E-state index is 12.5. The van der Waals surface area contributed by atoms with Gasteiger partial charge in [0, 0.05) is 36.1 Å². The third kappa shape index (κ3) is 3.03. The second-order valence-corrected chi connectivity index (χ2v) is 6.59. The number of carbonyl (C=O) groups is 1. The number of fused-ring (bicyclic) bond motifs is 1. The molecule has 2 heterocycles. The molecule has 0 bridgehead atoms. The summed E-state index contributed by atoms with van der Waals surface area (Å²) in [6.07, 6.45) is 0. The number of ether oxygens (including phenoxy) is 1. The quantitative estimate of drug-likeness (QED) is 0.788. The van der Waals surface area contributed by atoms with E-state index < -0.39 is 0 Å². The summed E-state index contributed by atoms with van der Waals surface area (Å²) >= 11 is 1.60. The van der Waals surface area contributed by atoms with Crippen molar-refractivity contribution in [3.05, 3.63) is 40.3 Å². The predicted molar refractivity (Wildman–Crippen MR) is 97.4 cm³/mol. The van der Waals surface area contributed by atoms with Crippen LogP contribution >= 0.6 is 11.3 Å². The molecule has 1 N–H and O–H groups in total. The topological polar surface area (TPSA) is 67.3 Å². The van der Waals surface area contributed by atoms with Crippen LogP contribution in [0.1, 0.15) is 15.5 Å². The zero-order valence-corrected chi connectivity index (χ0v) is 14.8. The number of thiophene rings is 1. The standard InChI is InChI=1S/C17H18N4O2S/c1-10-14-13(9-24-10)19-15(20-16(14)21(2)3)17(22)18-11-6-5-7-12(8-11)23-4/h5-9H,1-4H3,(H,18,22). The molecule has 124 valence electrons. The molecular formula is C17H18N4O2S. The van der Waals surface area contributed by atoms with Crippen LogP contribution in [0.3, 0.4) is 0 Å². The van der Waals surface area contributed by atoms with Gasteiger partial charge in [-0.3, -0.25) is 4.79 Å². The molecule has 0 saturated heterocycles. The van der Waals surface area contributed by atoms with Gasteiger partial charge in [-0.2, -0.15) is 0 Å². The minimum atomic E-state index is -0.350. The zero-order chi connectivity index (χ0) is 17.3. The Morgan fingerprint density at radius 3 is 2.79 bits per heavy atom. The highest BCUT2D eigenvalue weighted by molar-refractivity contribution is 7.11. The third-order valence-electron chi connectivity index (χ3n) is 3.57. The molecule has 3 rings (SSSR count). The van der Waals surface area contributed by atoms with Gasteiger partial charge in [0.05, 0.1) is 18.0 Å². The van der Waals surface area contributed by atoms with Crippen molar-refractivity contribution in [1.29, 1.82) is 0 Å². The summed E-state index contributed by atoms with van der Waals surface area (Å²) in [5.74, 6) is 1.21. The highest BCUT2D eigenvalue weighted by Crippen LogP contribution is 2.30. The SMILES string of the molecule is COc1cccc(NC(=O)c2nc(N(C)C)c3c(C)scc3n2)c1. The first-order valence-electron chi connectivity index (χ1n) is 7.38. The lowest BCUT2D eigenvalue weighted by atomic mass is 10.2. The molecule has 0 atom stereocenters. The van der Waals surface area contributed by atoms with Gasteiger partial charge in [-0.1, -0.05) is 6.07 Å². The van der Waals surface area contributed by atoms with E-state index >= 15 is 0 Å². The Bertz CT molecular complexity index is 905. The Morgan fingerprint density at radius 2 is 2.08 bits per heavy atom. The first-order chi connectivity index (χ1) is 11.5. The second kappa shape index (κ2) is 6.45. The number of hydrogen-bond acceptors (Lipinski definition) is 6. The van der Waals surface area contributed by atoms with Gasteiger partial charge >= 0.3 is 0 Å². The van der Waals surface area contributed by atoms with E-state index in [1.54, 1.807) is 30.6 Å². The molecule has 1 amide bonds. The van der Waals surface area contributed by atoms with Crippen molar-refractivity contribution < 1.29 is 9.53 Å². The van der Waals surface area contributed by atoms with Crippen LogP contribution in [0.15, 0.2) is 29.6 Å². The first kappa shape index (κ1) is 16.2. The van der Waals surface area contributed by atoms with Gasteiger partial charge in [-0.25, -0.2) is 9.97 Å². The number of aryl methyl sites for hydroxylation is 1. The van der Waals surface area contributed by atoms with E-state index in [2.05, 4.69) is 15.3 Å². The molecule has 2 aromatic heterocycles. The molecule has 6 nitrogen and oxygen atoms in total. The van der Waals surface area contributed by atoms with E-state index in [0.717, 1.165) is 21.6 Å². The Kier molecular flexibility index (Phi) is 4.35. The maximum Gasteiger partial charge on any atom is 0.293 e. The van der Waals surface area contributed by atoms with Crippen LogP contribution in [-0.4, -0.2) is 37.1 Å². The fraction of sp³-hybridized carbons (Fsp3) is 0.235. The molecule has 0 aliphatic carbocycles. The summed E-state index contributed by atoms with van der Waals surface area (Å²) in [6, 6.07) is 7.17. The number of amides is 1. The summed E-state index contributed by atoms with van der Waals surface area (Å²) in [5.41, 5.74) is 1.42. The Labute approximate surface area is 144 Å². The molecule has 0 fully saturated rings. The van der Waals surface area contributed by atoms with Gasteiger partial charge in [-0.15, -0.1) is 11.3 Å². The maximum absolute atomic E-state index is 12.5.